The van der Waals surface area contributed by atoms with Gasteiger partial charge in [0.05, 0.1) is 26.9 Å². The number of benzene rings is 1. The first kappa shape index (κ1) is 18.6. The molecular formula is C19H24N2O4. The van der Waals surface area contributed by atoms with Gasteiger partial charge in [-0.05, 0) is 26.0 Å². The fourth-order valence-corrected chi connectivity index (χ4v) is 2.80. The lowest BCUT2D eigenvalue weighted by Crippen LogP contribution is -2.31. The number of carbonyl (C=O) groups is 1. The smallest absolute Gasteiger partial charge is 0.254 e. The monoisotopic (exact) mass is 344 g/mol. The summed E-state index contributed by atoms with van der Waals surface area (Å²) >= 11 is 0. The van der Waals surface area contributed by atoms with Crippen molar-refractivity contribution < 1.29 is 19.0 Å². The number of methoxy groups -OCH3 is 3. The van der Waals surface area contributed by atoms with Crippen LogP contribution < -0.4 is 14.2 Å². The van der Waals surface area contributed by atoms with E-state index in [1.54, 1.807) is 37.6 Å². The molecule has 0 fully saturated rings. The number of hydrogen-bond donors (Lipinski definition) is 0. The predicted molar refractivity (Wildman–Crippen MR) is 96.6 cm³/mol. The van der Waals surface area contributed by atoms with E-state index >= 15 is 0 Å². The lowest BCUT2D eigenvalue weighted by atomic mass is 9.97. The average Bonchev–Trinajstić information content (AvgIpc) is 2.67. The quantitative estimate of drug-likeness (QED) is 0.771. The van der Waals surface area contributed by atoms with E-state index in [-0.39, 0.29) is 5.91 Å². The Morgan fingerprint density at radius 1 is 1.08 bits per heavy atom. The van der Waals surface area contributed by atoms with Gasteiger partial charge in [-0.2, -0.15) is 0 Å². The van der Waals surface area contributed by atoms with Crippen molar-refractivity contribution in [3.8, 4) is 28.4 Å². The van der Waals surface area contributed by atoms with Crippen LogP contribution in [0.3, 0.4) is 0 Å². The second-order valence-corrected chi connectivity index (χ2v) is 5.29. The zero-order chi connectivity index (χ0) is 18.4. The molecule has 6 nitrogen and oxygen atoms in total. The number of pyridine rings is 1. The third kappa shape index (κ3) is 3.52. The fourth-order valence-electron chi connectivity index (χ4n) is 2.80. The van der Waals surface area contributed by atoms with Crippen LogP contribution in [-0.4, -0.2) is 50.2 Å². The molecule has 0 aliphatic heterocycles. The molecule has 6 heteroatoms. The summed E-state index contributed by atoms with van der Waals surface area (Å²) in [4.78, 5) is 19.0. The Morgan fingerprint density at radius 3 is 2.24 bits per heavy atom. The van der Waals surface area contributed by atoms with Crippen molar-refractivity contribution in [1.82, 2.24) is 9.88 Å². The standard InChI is InChI=1S/C19H24N2O4/c1-6-21(7-2)19(22)14-11-15(23-3)17(24-4)18(25-5)16(14)13-9-8-10-20-12-13/h8-12H,6-7H2,1-5H3. The molecule has 0 aliphatic rings. The Hall–Kier alpha value is -2.76. The third-order valence-electron chi connectivity index (χ3n) is 4.06. The minimum atomic E-state index is -0.0943. The summed E-state index contributed by atoms with van der Waals surface area (Å²) < 4.78 is 16.5. The van der Waals surface area contributed by atoms with Crippen LogP contribution >= 0.6 is 0 Å². The number of hydrogen-bond acceptors (Lipinski definition) is 5. The van der Waals surface area contributed by atoms with Crippen LogP contribution in [0.4, 0.5) is 0 Å². The van der Waals surface area contributed by atoms with Crippen LogP contribution in [0.1, 0.15) is 24.2 Å². The average molecular weight is 344 g/mol. The number of ether oxygens (including phenoxy) is 3. The molecule has 0 aliphatic carbocycles. The van der Waals surface area contributed by atoms with E-state index in [2.05, 4.69) is 4.98 Å². The van der Waals surface area contributed by atoms with Gasteiger partial charge < -0.3 is 19.1 Å². The zero-order valence-corrected chi connectivity index (χ0v) is 15.3. The van der Waals surface area contributed by atoms with Crippen molar-refractivity contribution in [2.24, 2.45) is 0 Å². The molecule has 134 valence electrons. The highest BCUT2D eigenvalue weighted by Crippen LogP contribution is 2.46. The topological polar surface area (TPSA) is 60.9 Å². The molecule has 1 aromatic heterocycles. The van der Waals surface area contributed by atoms with E-state index in [9.17, 15) is 4.79 Å². The van der Waals surface area contributed by atoms with Gasteiger partial charge in [0.25, 0.3) is 5.91 Å². The van der Waals surface area contributed by atoms with Crippen LogP contribution in [-0.2, 0) is 0 Å². The van der Waals surface area contributed by atoms with Crippen molar-refractivity contribution in [1.29, 1.82) is 0 Å². The van der Waals surface area contributed by atoms with E-state index in [4.69, 9.17) is 14.2 Å². The highest BCUT2D eigenvalue weighted by molar-refractivity contribution is 6.03. The van der Waals surface area contributed by atoms with Gasteiger partial charge in [0, 0.05) is 36.6 Å². The maximum Gasteiger partial charge on any atom is 0.254 e. The minimum absolute atomic E-state index is 0.0943. The molecule has 0 saturated heterocycles. The number of carbonyl (C=O) groups excluding carboxylic acids is 1. The molecule has 0 bridgehead atoms. The molecule has 2 rings (SSSR count). The molecule has 1 aromatic carbocycles. The van der Waals surface area contributed by atoms with Gasteiger partial charge in [0.15, 0.2) is 11.5 Å². The third-order valence-corrected chi connectivity index (χ3v) is 4.06. The van der Waals surface area contributed by atoms with Gasteiger partial charge in [0.1, 0.15) is 0 Å². The fraction of sp³-hybridized carbons (Fsp3) is 0.368. The maximum atomic E-state index is 13.1. The van der Waals surface area contributed by atoms with Crippen LogP contribution in [0, 0.1) is 0 Å². The number of rotatable bonds is 7. The molecule has 2 aromatic rings. The molecule has 0 unspecified atom stereocenters. The van der Waals surface area contributed by atoms with Crippen molar-refractivity contribution in [2.75, 3.05) is 34.4 Å². The normalized spacial score (nSPS) is 10.3. The van der Waals surface area contributed by atoms with Gasteiger partial charge in [-0.15, -0.1) is 0 Å². The number of aromatic nitrogens is 1. The summed E-state index contributed by atoms with van der Waals surface area (Å²) in [5, 5.41) is 0. The van der Waals surface area contributed by atoms with Crippen LogP contribution in [0.25, 0.3) is 11.1 Å². The molecule has 0 saturated carbocycles. The van der Waals surface area contributed by atoms with Crippen LogP contribution in [0.5, 0.6) is 17.2 Å². The highest BCUT2D eigenvalue weighted by atomic mass is 16.5. The summed E-state index contributed by atoms with van der Waals surface area (Å²) in [6.07, 6.45) is 3.38. The summed E-state index contributed by atoms with van der Waals surface area (Å²) in [7, 11) is 4.62. The van der Waals surface area contributed by atoms with E-state index in [0.29, 0.717) is 41.5 Å². The molecule has 0 spiro atoms. The SMILES string of the molecule is CCN(CC)C(=O)c1cc(OC)c(OC)c(OC)c1-c1cccnc1. The van der Waals surface area contributed by atoms with E-state index < -0.39 is 0 Å². The van der Waals surface area contributed by atoms with Crippen LogP contribution in [0.2, 0.25) is 0 Å². The lowest BCUT2D eigenvalue weighted by molar-refractivity contribution is 0.0773. The second-order valence-electron chi connectivity index (χ2n) is 5.29. The Labute approximate surface area is 148 Å². The lowest BCUT2D eigenvalue weighted by Gasteiger charge is -2.23. The van der Waals surface area contributed by atoms with Gasteiger partial charge in [-0.3, -0.25) is 9.78 Å². The number of nitrogens with zero attached hydrogens (tertiary/aromatic N) is 2. The summed E-state index contributed by atoms with van der Waals surface area (Å²) in [5.41, 5.74) is 1.91. The molecular weight excluding hydrogens is 320 g/mol. The van der Waals surface area contributed by atoms with E-state index in [0.717, 1.165) is 5.56 Å². The first-order valence-corrected chi connectivity index (χ1v) is 8.15. The maximum absolute atomic E-state index is 13.1. The van der Waals surface area contributed by atoms with Gasteiger partial charge in [-0.1, -0.05) is 6.07 Å². The van der Waals surface area contributed by atoms with Crippen LogP contribution in [0.15, 0.2) is 30.6 Å². The second kappa shape index (κ2) is 8.37. The minimum Gasteiger partial charge on any atom is -0.493 e. The van der Waals surface area contributed by atoms with Crippen molar-refractivity contribution in [3.05, 3.63) is 36.2 Å². The largest absolute Gasteiger partial charge is 0.493 e. The Balaban J connectivity index is 2.82. The van der Waals surface area contributed by atoms with Gasteiger partial charge in [0.2, 0.25) is 5.75 Å². The number of amides is 1. The molecule has 0 N–H and O–H groups in total. The Morgan fingerprint density at radius 2 is 1.76 bits per heavy atom. The Kier molecular flexibility index (Phi) is 6.22. The van der Waals surface area contributed by atoms with Gasteiger partial charge in [-0.25, -0.2) is 0 Å². The highest BCUT2D eigenvalue weighted by Gasteiger charge is 2.27. The summed E-state index contributed by atoms with van der Waals surface area (Å²) in [6, 6.07) is 5.40. The predicted octanol–water partition coefficient (Wildman–Crippen LogP) is 3.26. The van der Waals surface area contributed by atoms with Crippen molar-refractivity contribution >= 4 is 5.91 Å². The summed E-state index contributed by atoms with van der Waals surface area (Å²) in [6.45, 7) is 5.11. The molecule has 1 heterocycles. The summed E-state index contributed by atoms with van der Waals surface area (Å²) in [5.74, 6) is 1.25. The molecule has 1 amide bonds. The molecule has 0 atom stereocenters. The first-order chi connectivity index (χ1) is 12.1. The van der Waals surface area contributed by atoms with E-state index in [1.807, 2.05) is 26.0 Å². The Bertz CT molecular complexity index is 728. The zero-order valence-electron chi connectivity index (χ0n) is 15.3. The first-order valence-electron chi connectivity index (χ1n) is 8.15. The van der Waals surface area contributed by atoms with E-state index in [1.165, 1.54) is 7.11 Å². The molecule has 25 heavy (non-hydrogen) atoms. The molecule has 0 radical (unpaired) electrons. The van der Waals surface area contributed by atoms with Crippen molar-refractivity contribution in [3.63, 3.8) is 0 Å². The van der Waals surface area contributed by atoms with Crippen molar-refractivity contribution in [2.45, 2.75) is 13.8 Å². The van der Waals surface area contributed by atoms with Gasteiger partial charge >= 0.3 is 0 Å².